The minimum absolute atomic E-state index is 0.0669. The lowest BCUT2D eigenvalue weighted by molar-refractivity contribution is -0.870. The summed E-state index contributed by atoms with van der Waals surface area (Å²) in [5, 5.41) is 13.8. The number of carbonyl (C=O) groups excluding carboxylic acids is 1. The molecule has 0 fully saturated rings. The highest BCUT2D eigenvalue weighted by atomic mass is 31.2. The second kappa shape index (κ2) is 30.5. The summed E-state index contributed by atoms with van der Waals surface area (Å²) in [6.45, 7) is 4.68. The molecule has 0 radical (unpaired) electrons. The first-order valence-electron chi connectivity index (χ1n) is 18.5. The molecular formula is C38H72N2O6P+. The number of likely N-dealkylation sites (N-methyl/N-ethyl adjacent to an activating group) is 1. The number of quaternary nitrogens is 1. The fourth-order valence-corrected chi connectivity index (χ4v) is 5.59. The van der Waals surface area contributed by atoms with Gasteiger partial charge in [0.15, 0.2) is 0 Å². The third kappa shape index (κ3) is 32.8. The number of hydrogen-bond donors (Lipinski definition) is 3. The zero-order valence-corrected chi connectivity index (χ0v) is 31.6. The van der Waals surface area contributed by atoms with Gasteiger partial charge in [-0.3, -0.25) is 13.8 Å². The molecule has 0 aliphatic rings. The number of phosphoric acid groups is 1. The molecule has 3 atom stereocenters. The van der Waals surface area contributed by atoms with Crippen molar-refractivity contribution < 1.29 is 32.9 Å². The first-order chi connectivity index (χ1) is 22.5. The van der Waals surface area contributed by atoms with Crippen LogP contribution in [-0.4, -0.2) is 73.4 Å². The number of hydrogen-bond acceptors (Lipinski definition) is 5. The van der Waals surface area contributed by atoms with Gasteiger partial charge in [-0.25, -0.2) is 4.57 Å². The van der Waals surface area contributed by atoms with Crippen LogP contribution < -0.4 is 5.32 Å². The molecule has 0 saturated carbocycles. The van der Waals surface area contributed by atoms with E-state index in [2.05, 4.69) is 67.8 Å². The highest BCUT2D eigenvalue weighted by Crippen LogP contribution is 2.43. The Kier molecular flexibility index (Phi) is 29.5. The molecule has 3 N–H and O–H groups in total. The van der Waals surface area contributed by atoms with E-state index in [9.17, 15) is 19.4 Å². The Bertz CT molecular complexity index is 912. The van der Waals surface area contributed by atoms with Crippen LogP contribution in [-0.2, 0) is 18.4 Å². The summed E-state index contributed by atoms with van der Waals surface area (Å²) >= 11 is 0. The molecule has 0 saturated heterocycles. The fourth-order valence-electron chi connectivity index (χ4n) is 4.86. The van der Waals surface area contributed by atoms with Crippen molar-refractivity contribution in [3.05, 3.63) is 48.6 Å². The Labute approximate surface area is 289 Å². The number of phosphoric ester groups is 1. The van der Waals surface area contributed by atoms with Crippen LogP contribution in [0.5, 0.6) is 0 Å². The van der Waals surface area contributed by atoms with Crippen molar-refractivity contribution in [2.75, 3.05) is 40.9 Å². The lowest BCUT2D eigenvalue weighted by atomic mass is 10.0. The number of nitrogens with one attached hydrogen (secondary N) is 1. The lowest BCUT2D eigenvalue weighted by Crippen LogP contribution is -2.46. The van der Waals surface area contributed by atoms with Gasteiger partial charge in [-0.2, -0.15) is 0 Å². The summed E-state index contributed by atoms with van der Waals surface area (Å²) in [5.74, 6) is -0.175. The fraction of sp³-hybridized carbons (Fsp3) is 0.763. The average molecular weight is 684 g/mol. The first kappa shape index (κ1) is 45.5. The Hall–Kier alpha value is -1.54. The van der Waals surface area contributed by atoms with Gasteiger partial charge in [0.25, 0.3) is 0 Å². The number of allylic oxidation sites excluding steroid dienone is 8. The molecule has 274 valence electrons. The molecule has 0 bridgehead atoms. The molecule has 47 heavy (non-hydrogen) atoms. The Morgan fingerprint density at radius 1 is 0.745 bits per heavy atom. The van der Waals surface area contributed by atoms with E-state index in [-0.39, 0.29) is 19.1 Å². The second-order valence-electron chi connectivity index (χ2n) is 13.6. The van der Waals surface area contributed by atoms with Gasteiger partial charge in [-0.1, -0.05) is 127 Å². The Morgan fingerprint density at radius 2 is 1.28 bits per heavy atom. The van der Waals surface area contributed by atoms with Crippen LogP contribution in [0.15, 0.2) is 48.6 Å². The summed E-state index contributed by atoms with van der Waals surface area (Å²) < 4.78 is 23.4. The van der Waals surface area contributed by atoms with Gasteiger partial charge in [0.05, 0.1) is 39.9 Å². The number of aliphatic hydroxyl groups is 1. The van der Waals surface area contributed by atoms with Gasteiger partial charge in [0.2, 0.25) is 5.91 Å². The molecule has 0 heterocycles. The van der Waals surface area contributed by atoms with Gasteiger partial charge in [0.1, 0.15) is 13.2 Å². The standard InChI is InChI=1S/C38H71N2O6P/c1-6-8-10-12-14-16-17-18-19-20-21-22-23-24-26-28-30-32-38(42)39-36(35-46-47(43,44)45-34-33-40(3,4)5)37(41)31-29-27-25-15-13-11-9-7-2/h8,10,14,16,18-19,21-22,36-37,41H,6-7,9,11-13,15,17,20,23-35H2,1-5H3,(H-,39,42,43,44)/p+1/b10-8-,16-14-,19-18-,22-21-. The van der Waals surface area contributed by atoms with Gasteiger partial charge >= 0.3 is 7.82 Å². The van der Waals surface area contributed by atoms with Crippen molar-refractivity contribution in [1.29, 1.82) is 0 Å². The van der Waals surface area contributed by atoms with E-state index in [1.165, 1.54) is 32.1 Å². The van der Waals surface area contributed by atoms with Crippen molar-refractivity contribution in [3.8, 4) is 0 Å². The second-order valence-corrected chi connectivity index (χ2v) is 15.0. The van der Waals surface area contributed by atoms with E-state index in [0.717, 1.165) is 77.0 Å². The smallest absolute Gasteiger partial charge is 0.391 e. The number of nitrogens with zero attached hydrogens (tertiary/aromatic N) is 1. The SMILES string of the molecule is CC/C=C\C/C=C\C/C=C\C/C=C\CCCCCCC(=O)NC(COP(=O)(O)OCC[N+](C)(C)C)C(O)CCCCCCCCCC. The number of aliphatic hydroxyl groups excluding tert-OH is 1. The molecule has 0 rings (SSSR count). The lowest BCUT2D eigenvalue weighted by Gasteiger charge is -2.26. The molecule has 0 spiro atoms. The van der Waals surface area contributed by atoms with Crippen LogP contribution in [0.1, 0.15) is 136 Å². The highest BCUT2D eigenvalue weighted by molar-refractivity contribution is 7.47. The van der Waals surface area contributed by atoms with Gasteiger partial charge in [-0.15, -0.1) is 0 Å². The molecule has 8 nitrogen and oxygen atoms in total. The maximum atomic E-state index is 12.8. The van der Waals surface area contributed by atoms with Crippen LogP contribution in [0.2, 0.25) is 0 Å². The van der Waals surface area contributed by atoms with Crippen LogP contribution in [0.4, 0.5) is 0 Å². The number of rotatable bonds is 32. The van der Waals surface area contributed by atoms with Crippen LogP contribution in [0, 0.1) is 0 Å². The van der Waals surface area contributed by atoms with E-state index in [0.29, 0.717) is 23.9 Å². The molecule has 0 aromatic heterocycles. The van der Waals surface area contributed by atoms with Crippen LogP contribution in [0.25, 0.3) is 0 Å². The Morgan fingerprint density at radius 3 is 1.87 bits per heavy atom. The van der Waals surface area contributed by atoms with E-state index in [1.807, 2.05) is 21.1 Å². The summed E-state index contributed by atoms with van der Waals surface area (Å²) in [7, 11) is 1.58. The van der Waals surface area contributed by atoms with E-state index < -0.39 is 20.0 Å². The van der Waals surface area contributed by atoms with Crippen molar-refractivity contribution in [1.82, 2.24) is 5.32 Å². The maximum absolute atomic E-state index is 12.8. The normalized spacial score (nSPS) is 15.3. The van der Waals surface area contributed by atoms with Gasteiger partial charge in [-0.05, 0) is 51.4 Å². The summed E-state index contributed by atoms with van der Waals surface area (Å²) in [4.78, 5) is 22.9. The largest absolute Gasteiger partial charge is 0.472 e. The molecular weight excluding hydrogens is 611 g/mol. The summed E-state index contributed by atoms with van der Waals surface area (Å²) in [6.07, 6.45) is 35.7. The average Bonchev–Trinajstić information content (AvgIpc) is 3.01. The van der Waals surface area contributed by atoms with Gasteiger partial charge in [0, 0.05) is 6.42 Å². The molecule has 0 aliphatic heterocycles. The van der Waals surface area contributed by atoms with Crippen molar-refractivity contribution in [2.24, 2.45) is 0 Å². The minimum atomic E-state index is -4.31. The molecule has 1 amide bonds. The zero-order valence-electron chi connectivity index (χ0n) is 30.8. The third-order valence-electron chi connectivity index (χ3n) is 7.84. The van der Waals surface area contributed by atoms with Crippen LogP contribution >= 0.6 is 7.82 Å². The number of unbranched alkanes of at least 4 members (excludes halogenated alkanes) is 11. The predicted molar refractivity (Wildman–Crippen MR) is 198 cm³/mol. The van der Waals surface area contributed by atoms with E-state index >= 15 is 0 Å². The predicted octanol–water partition coefficient (Wildman–Crippen LogP) is 9.35. The van der Waals surface area contributed by atoms with E-state index in [4.69, 9.17) is 9.05 Å². The van der Waals surface area contributed by atoms with Crippen molar-refractivity contribution in [2.45, 2.75) is 148 Å². The molecule has 0 aliphatic carbocycles. The quantitative estimate of drug-likeness (QED) is 0.0283. The first-order valence-corrected chi connectivity index (χ1v) is 20.0. The Balaban J connectivity index is 4.47. The topological polar surface area (TPSA) is 105 Å². The third-order valence-corrected chi connectivity index (χ3v) is 8.83. The monoisotopic (exact) mass is 684 g/mol. The zero-order chi connectivity index (χ0) is 35.1. The number of amides is 1. The number of carbonyl (C=O) groups is 1. The molecule has 9 heteroatoms. The molecule has 0 aromatic rings. The molecule has 3 unspecified atom stereocenters. The van der Waals surface area contributed by atoms with Crippen molar-refractivity contribution in [3.63, 3.8) is 0 Å². The van der Waals surface area contributed by atoms with Crippen molar-refractivity contribution >= 4 is 13.7 Å². The summed E-state index contributed by atoms with van der Waals surface area (Å²) in [6, 6.07) is -0.771. The molecule has 0 aromatic carbocycles. The minimum Gasteiger partial charge on any atom is -0.391 e. The van der Waals surface area contributed by atoms with Crippen LogP contribution in [0.3, 0.4) is 0 Å². The van der Waals surface area contributed by atoms with E-state index in [1.54, 1.807) is 0 Å². The van der Waals surface area contributed by atoms with Gasteiger partial charge < -0.3 is 19.8 Å². The summed E-state index contributed by atoms with van der Waals surface area (Å²) in [5.41, 5.74) is 0. The highest BCUT2D eigenvalue weighted by Gasteiger charge is 2.28. The maximum Gasteiger partial charge on any atom is 0.472 e.